The number of hydrogen-bond donors (Lipinski definition) is 0. The van der Waals surface area contributed by atoms with Crippen LogP contribution in [0.5, 0.6) is 0 Å². The molecule has 0 spiro atoms. The van der Waals surface area contributed by atoms with Gasteiger partial charge >= 0.3 is 0 Å². The molecule has 0 saturated heterocycles. The van der Waals surface area contributed by atoms with Crippen LogP contribution < -0.4 is 0 Å². The first kappa shape index (κ1) is 10.6. The maximum atomic E-state index is 4.36. The van der Waals surface area contributed by atoms with E-state index in [1.165, 1.54) is 5.56 Å². The average Bonchev–Trinajstić information content (AvgIpc) is 2.44. The van der Waals surface area contributed by atoms with Gasteiger partial charge in [-0.05, 0) is 52.9 Å². The third-order valence-corrected chi connectivity index (χ3v) is 2.77. The maximum Gasteiger partial charge on any atom is 0.157 e. The third-order valence-electron chi connectivity index (χ3n) is 2.20. The fourth-order valence-corrected chi connectivity index (χ4v) is 2.25. The largest absolute Gasteiger partial charge is 0.212 e. The number of aromatic nitrogens is 3. The molecule has 0 aliphatic rings. The Morgan fingerprint density at radius 3 is 2.80 bits per heavy atom. The Kier molecular flexibility index (Phi) is 2.78. The van der Waals surface area contributed by atoms with E-state index in [2.05, 4.69) is 52.0 Å². The minimum absolute atomic E-state index is 0.656. The Balaban J connectivity index is 2.51. The summed E-state index contributed by atoms with van der Waals surface area (Å²) in [5.41, 5.74) is 2.22. The summed E-state index contributed by atoms with van der Waals surface area (Å²) in [7, 11) is 0. The standard InChI is InChI=1S/C11H14BrN3/c1-7(2)4-9-5-10(12)15-11(6-9)13-8(3)14-15/h5-7H,4H2,1-3H3. The molecule has 0 unspecified atom stereocenters. The van der Waals surface area contributed by atoms with Gasteiger partial charge in [0.25, 0.3) is 0 Å². The van der Waals surface area contributed by atoms with Gasteiger partial charge in [0.2, 0.25) is 0 Å². The van der Waals surface area contributed by atoms with Crippen LogP contribution in [0.25, 0.3) is 5.65 Å². The highest BCUT2D eigenvalue weighted by atomic mass is 79.9. The van der Waals surface area contributed by atoms with Gasteiger partial charge in [-0.25, -0.2) is 9.50 Å². The van der Waals surface area contributed by atoms with E-state index in [9.17, 15) is 0 Å². The lowest BCUT2D eigenvalue weighted by atomic mass is 10.0. The number of aryl methyl sites for hydroxylation is 1. The van der Waals surface area contributed by atoms with E-state index in [0.29, 0.717) is 5.92 Å². The van der Waals surface area contributed by atoms with Gasteiger partial charge in [-0.1, -0.05) is 13.8 Å². The van der Waals surface area contributed by atoms with Crippen LogP contribution in [-0.4, -0.2) is 14.6 Å². The Hall–Kier alpha value is -0.900. The Morgan fingerprint density at radius 1 is 1.40 bits per heavy atom. The molecule has 2 aromatic heterocycles. The number of rotatable bonds is 2. The SMILES string of the molecule is Cc1nc2cc(CC(C)C)cc(Br)n2n1. The lowest BCUT2D eigenvalue weighted by molar-refractivity contribution is 0.646. The lowest BCUT2D eigenvalue weighted by Gasteiger charge is -2.05. The minimum Gasteiger partial charge on any atom is -0.212 e. The molecule has 0 bridgehead atoms. The van der Waals surface area contributed by atoms with Crippen molar-refractivity contribution < 1.29 is 0 Å². The van der Waals surface area contributed by atoms with Crippen molar-refractivity contribution in [3.05, 3.63) is 28.1 Å². The number of fused-ring (bicyclic) bond motifs is 1. The molecule has 0 amide bonds. The van der Waals surface area contributed by atoms with Crippen molar-refractivity contribution in [2.75, 3.05) is 0 Å². The first-order valence-electron chi connectivity index (χ1n) is 5.08. The quantitative estimate of drug-likeness (QED) is 0.784. The van der Waals surface area contributed by atoms with Crippen molar-refractivity contribution in [3.8, 4) is 0 Å². The minimum atomic E-state index is 0.656. The molecule has 0 aliphatic heterocycles. The van der Waals surface area contributed by atoms with Gasteiger partial charge in [0.15, 0.2) is 5.65 Å². The van der Waals surface area contributed by atoms with Gasteiger partial charge in [0.05, 0.1) is 0 Å². The molecule has 3 nitrogen and oxygen atoms in total. The fraction of sp³-hybridized carbons (Fsp3) is 0.455. The molecule has 0 aliphatic carbocycles. The Morgan fingerprint density at radius 2 is 2.13 bits per heavy atom. The van der Waals surface area contributed by atoms with Crippen LogP contribution >= 0.6 is 15.9 Å². The molecule has 2 heterocycles. The average molecular weight is 268 g/mol. The van der Waals surface area contributed by atoms with E-state index < -0.39 is 0 Å². The van der Waals surface area contributed by atoms with Crippen LogP contribution in [0.1, 0.15) is 25.2 Å². The number of pyridine rings is 1. The molecule has 0 fully saturated rings. The van der Waals surface area contributed by atoms with Crippen LogP contribution in [0, 0.1) is 12.8 Å². The highest BCUT2D eigenvalue weighted by Crippen LogP contribution is 2.18. The molecule has 0 aromatic carbocycles. The van der Waals surface area contributed by atoms with Crippen molar-refractivity contribution in [1.29, 1.82) is 0 Å². The molecule has 80 valence electrons. The van der Waals surface area contributed by atoms with Crippen molar-refractivity contribution >= 4 is 21.6 Å². The summed E-state index contributed by atoms with van der Waals surface area (Å²) >= 11 is 3.51. The van der Waals surface area contributed by atoms with Crippen molar-refractivity contribution in [3.63, 3.8) is 0 Å². The smallest absolute Gasteiger partial charge is 0.157 e. The number of hydrogen-bond acceptors (Lipinski definition) is 2. The van der Waals surface area contributed by atoms with E-state index in [1.807, 2.05) is 11.4 Å². The van der Waals surface area contributed by atoms with Crippen LogP contribution in [0.3, 0.4) is 0 Å². The summed E-state index contributed by atoms with van der Waals surface area (Å²) in [6.07, 6.45) is 1.07. The van der Waals surface area contributed by atoms with E-state index in [-0.39, 0.29) is 0 Å². The molecule has 0 radical (unpaired) electrons. The number of halogens is 1. The summed E-state index contributed by atoms with van der Waals surface area (Å²) in [5.74, 6) is 1.46. The highest BCUT2D eigenvalue weighted by Gasteiger charge is 2.06. The molecule has 4 heteroatoms. The second kappa shape index (κ2) is 3.93. The summed E-state index contributed by atoms with van der Waals surface area (Å²) < 4.78 is 2.79. The van der Waals surface area contributed by atoms with Crippen LogP contribution in [0.2, 0.25) is 0 Å². The molecule has 2 aromatic rings. The second-order valence-electron chi connectivity index (χ2n) is 4.21. The normalized spacial score (nSPS) is 11.5. The second-order valence-corrected chi connectivity index (χ2v) is 5.03. The third kappa shape index (κ3) is 2.20. The zero-order valence-corrected chi connectivity index (χ0v) is 10.7. The fourth-order valence-electron chi connectivity index (χ4n) is 1.69. The van der Waals surface area contributed by atoms with Crippen LogP contribution in [0.4, 0.5) is 0 Å². The van der Waals surface area contributed by atoms with Gasteiger partial charge in [-0.2, -0.15) is 5.10 Å². The van der Waals surface area contributed by atoms with Gasteiger partial charge < -0.3 is 0 Å². The monoisotopic (exact) mass is 267 g/mol. The molecule has 2 rings (SSSR count). The lowest BCUT2D eigenvalue weighted by Crippen LogP contribution is -1.97. The van der Waals surface area contributed by atoms with Gasteiger partial charge in [-0.15, -0.1) is 0 Å². The van der Waals surface area contributed by atoms with Gasteiger partial charge in [0.1, 0.15) is 10.4 Å². The molecule has 15 heavy (non-hydrogen) atoms. The molecular formula is C11H14BrN3. The van der Waals surface area contributed by atoms with Gasteiger partial charge in [-0.3, -0.25) is 0 Å². The van der Waals surface area contributed by atoms with E-state index >= 15 is 0 Å². The molecule has 0 N–H and O–H groups in total. The predicted octanol–water partition coefficient (Wildman–Crippen LogP) is 3.00. The van der Waals surface area contributed by atoms with E-state index in [1.54, 1.807) is 0 Å². The Labute approximate surface area is 97.6 Å². The summed E-state index contributed by atoms with van der Waals surface area (Å²) in [4.78, 5) is 4.36. The van der Waals surface area contributed by atoms with E-state index in [4.69, 9.17) is 0 Å². The van der Waals surface area contributed by atoms with E-state index in [0.717, 1.165) is 22.5 Å². The highest BCUT2D eigenvalue weighted by molar-refractivity contribution is 9.10. The van der Waals surface area contributed by atoms with Crippen molar-refractivity contribution in [2.45, 2.75) is 27.2 Å². The van der Waals surface area contributed by atoms with Crippen molar-refractivity contribution in [2.24, 2.45) is 5.92 Å². The Bertz CT molecular complexity index is 488. The summed E-state index contributed by atoms with van der Waals surface area (Å²) in [6.45, 7) is 6.34. The maximum absolute atomic E-state index is 4.36. The molecular weight excluding hydrogens is 254 g/mol. The summed E-state index contributed by atoms with van der Waals surface area (Å²) in [5, 5.41) is 4.29. The van der Waals surface area contributed by atoms with Gasteiger partial charge in [0, 0.05) is 0 Å². The van der Waals surface area contributed by atoms with Crippen LogP contribution in [0.15, 0.2) is 16.7 Å². The first-order valence-corrected chi connectivity index (χ1v) is 5.87. The first-order chi connectivity index (χ1) is 7.06. The molecule has 0 saturated carbocycles. The van der Waals surface area contributed by atoms with Crippen LogP contribution in [-0.2, 0) is 6.42 Å². The number of nitrogens with zero attached hydrogens (tertiary/aromatic N) is 3. The zero-order chi connectivity index (χ0) is 11.0. The topological polar surface area (TPSA) is 30.2 Å². The van der Waals surface area contributed by atoms with Crippen molar-refractivity contribution in [1.82, 2.24) is 14.6 Å². The predicted molar refractivity (Wildman–Crippen MR) is 64.0 cm³/mol. The summed E-state index contributed by atoms with van der Waals surface area (Å²) in [6, 6.07) is 4.21. The molecule has 0 atom stereocenters. The zero-order valence-electron chi connectivity index (χ0n) is 9.16.